The van der Waals surface area contributed by atoms with Gasteiger partial charge in [-0.25, -0.2) is 4.79 Å². The molecule has 4 heteroatoms. The Morgan fingerprint density at radius 2 is 2.35 bits per heavy atom. The molecule has 1 saturated carbocycles. The van der Waals surface area contributed by atoms with Gasteiger partial charge in [0.15, 0.2) is 5.09 Å². The van der Waals surface area contributed by atoms with E-state index in [1.807, 2.05) is 0 Å². The van der Waals surface area contributed by atoms with E-state index in [1.54, 1.807) is 17.8 Å². The van der Waals surface area contributed by atoms with Gasteiger partial charge in [0.2, 0.25) is 5.76 Å². The van der Waals surface area contributed by atoms with Crippen LogP contribution >= 0.6 is 11.8 Å². The molecule has 2 rings (SSSR count). The highest BCUT2D eigenvalue weighted by molar-refractivity contribution is 7.99. The molecule has 94 valence electrons. The minimum atomic E-state index is -0.994. The molecular formula is C13H18O3S. The highest BCUT2D eigenvalue weighted by atomic mass is 32.2. The molecule has 0 amide bonds. The average Bonchev–Trinajstić information content (AvgIpc) is 2.78. The van der Waals surface area contributed by atoms with Crippen LogP contribution < -0.4 is 0 Å². The molecule has 2 atom stereocenters. The lowest BCUT2D eigenvalue weighted by Gasteiger charge is -2.27. The fourth-order valence-electron chi connectivity index (χ4n) is 2.38. The first-order valence-corrected chi connectivity index (χ1v) is 7.06. The van der Waals surface area contributed by atoms with Crippen molar-refractivity contribution < 1.29 is 14.3 Å². The van der Waals surface area contributed by atoms with Gasteiger partial charge in [0, 0.05) is 5.25 Å². The second-order valence-corrected chi connectivity index (χ2v) is 5.91. The topological polar surface area (TPSA) is 50.4 Å². The second kappa shape index (κ2) is 5.63. The van der Waals surface area contributed by atoms with Crippen molar-refractivity contribution >= 4 is 17.7 Å². The lowest BCUT2D eigenvalue weighted by atomic mass is 9.87. The summed E-state index contributed by atoms with van der Waals surface area (Å²) in [5.41, 5.74) is 0. The minimum Gasteiger partial charge on any atom is -0.475 e. The van der Waals surface area contributed by atoms with Crippen molar-refractivity contribution in [3.05, 3.63) is 17.9 Å². The number of furan rings is 1. The maximum Gasteiger partial charge on any atom is 0.371 e. The van der Waals surface area contributed by atoms with Crippen molar-refractivity contribution in [1.29, 1.82) is 0 Å². The van der Waals surface area contributed by atoms with Gasteiger partial charge < -0.3 is 9.52 Å². The van der Waals surface area contributed by atoms with E-state index in [9.17, 15) is 4.79 Å². The van der Waals surface area contributed by atoms with E-state index in [2.05, 4.69) is 6.92 Å². The molecule has 2 unspecified atom stereocenters. The molecule has 1 aromatic heterocycles. The first kappa shape index (κ1) is 12.6. The van der Waals surface area contributed by atoms with Crippen molar-refractivity contribution in [2.75, 3.05) is 0 Å². The highest BCUT2D eigenvalue weighted by Gasteiger charge is 2.23. The molecule has 17 heavy (non-hydrogen) atoms. The number of carboxylic acids is 1. The van der Waals surface area contributed by atoms with Crippen LogP contribution in [0.4, 0.5) is 0 Å². The van der Waals surface area contributed by atoms with Crippen LogP contribution in [0.2, 0.25) is 0 Å². The van der Waals surface area contributed by atoms with Crippen molar-refractivity contribution in [3.63, 3.8) is 0 Å². The molecule has 0 bridgehead atoms. The predicted octanol–water partition coefficient (Wildman–Crippen LogP) is 4.04. The van der Waals surface area contributed by atoms with E-state index in [-0.39, 0.29) is 5.76 Å². The van der Waals surface area contributed by atoms with E-state index in [1.165, 1.54) is 38.2 Å². The number of carbonyl (C=O) groups is 1. The van der Waals surface area contributed by atoms with Crippen LogP contribution in [0.5, 0.6) is 0 Å². The van der Waals surface area contributed by atoms with Gasteiger partial charge in [-0.1, -0.05) is 37.9 Å². The molecule has 1 aromatic rings. The smallest absolute Gasteiger partial charge is 0.371 e. The Morgan fingerprint density at radius 1 is 1.53 bits per heavy atom. The van der Waals surface area contributed by atoms with Gasteiger partial charge in [-0.3, -0.25) is 0 Å². The van der Waals surface area contributed by atoms with E-state index < -0.39 is 5.97 Å². The van der Waals surface area contributed by atoms with Crippen LogP contribution in [-0.2, 0) is 0 Å². The SMILES string of the molecule is CCC1CCCC(Sc2ccc(C(=O)O)o2)C1. The second-order valence-electron chi connectivity index (χ2n) is 4.60. The Hall–Kier alpha value is -0.900. The summed E-state index contributed by atoms with van der Waals surface area (Å²) in [6, 6.07) is 3.30. The minimum absolute atomic E-state index is 0.0374. The van der Waals surface area contributed by atoms with Crippen LogP contribution in [0.25, 0.3) is 0 Å². The molecule has 0 saturated heterocycles. The summed E-state index contributed by atoms with van der Waals surface area (Å²) < 4.78 is 5.28. The van der Waals surface area contributed by atoms with Gasteiger partial charge in [0.1, 0.15) is 0 Å². The third kappa shape index (κ3) is 3.28. The Bertz CT molecular complexity index is 386. The van der Waals surface area contributed by atoms with Crippen LogP contribution in [0.1, 0.15) is 49.6 Å². The quantitative estimate of drug-likeness (QED) is 0.881. The molecule has 1 aliphatic carbocycles. The fourth-order valence-corrected chi connectivity index (χ4v) is 3.65. The van der Waals surface area contributed by atoms with Gasteiger partial charge >= 0.3 is 5.97 Å². The van der Waals surface area contributed by atoms with Crippen LogP contribution in [0.3, 0.4) is 0 Å². The van der Waals surface area contributed by atoms with Crippen molar-refractivity contribution in [2.24, 2.45) is 5.92 Å². The first-order chi connectivity index (χ1) is 8.19. The molecular weight excluding hydrogens is 236 g/mol. The Kier molecular flexibility index (Phi) is 4.15. The van der Waals surface area contributed by atoms with E-state index >= 15 is 0 Å². The maximum absolute atomic E-state index is 10.7. The van der Waals surface area contributed by atoms with E-state index in [0.29, 0.717) is 5.25 Å². The third-order valence-corrected chi connectivity index (χ3v) is 4.60. The average molecular weight is 254 g/mol. The van der Waals surface area contributed by atoms with Gasteiger partial charge in [-0.05, 0) is 30.9 Å². The van der Waals surface area contributed by atoms with Crippen molar-refractivity contribution in [2.45, 2.75) is 49.4 Å². The standard InChI is InChI=1S/C13H18O3S/c1-2-9-4-3-5-10(8-9)17-12-7-6-11(16-12)13(14)15/h6-7,9-10H,2-5,8H2,1H3,(H,14,15). The molecule has 0 aliphatic heterocycles. The Balaban J connectivity index is 1.93. The fraction of sp³-hybridized carbons (Fsp3) is 0.615. The van der Waals surface area contributed by atoms with Crippen LogP contribution in [-0.4, -0.2) is 16.3 Å². The molecule has 1 N–H and O–H groups in total. The zero-order chi connectivity index (χ0) is 12.3. The maximum atomic E-state index is 10.7. The molecule has 3 nitrogen and oxygen atoms in total. The summed E-state index contributed by atoms with van der Waals surface area (Å²) in [5, 5.41) is 10.1. The van der Waals surface area contributed by atoms with Crippen molar-refractivity contribution in [3.8, 4) is 0 Å². The van der Waals surface area contributed by atoms with Gasteiger partial charge in [0.05, 0.1) is 0 Å². The number of hydrogen-bond acceptors (Lipinski definition) is 3. The van der Waals surface area contributed by atoms with Gasteiger partial charge in [-0.15, -0.1) is 0 Å². The van der Waals surface area contributed by atoms with Crippen LogP contribution in [0, 0.1) is 5.92 Å². The monoisotopic (exact) mass is 254 g/mol. The van der Waals surface area contributed by atoms with Crippen LogP contribution in [0.15, 0.2) is 21.6 Å². The predicted molar refractivity (Wildman–Crippen MR) is 67.6 cm³/mol. The number of carboxylic acid groups (broad SMARTS) is 1. The summed E-state index contributed by atoms with van der Waals surface area (Å²) >= 11 is 1.69. The molecule has 0 radical (unpaired) electrons. The third-order valence-electron chi connectivity index (χ3n) is 3.39. The van der Waals surface area contributed by atoms with Gasteiger partial charge in [0.25, 0.3) is 0 Å². The number of thioether (sulfide) groups is 1. The normalized spacial score (nSPS) is 24.8. The first-order valence-electron chi connectivity index (χ1n) is 6.18. The summed E-state index contributed by atoms with van der Waals surface area (Å²) in [5.74, 6) is -0.127. The van der Waals surface area contributed by atoms with Gasteiger partial charge in [-0.2, -0.15) is 0 Å². The molecule has 1 aliphatic rings. The summed E-state index contributed by atoms with van der Waals surface area (Å²) in [7, 11) is 0. The number of aromatic carboxylic acids is 1. The molecule has 0 spiro atoms. The molecule has 1 heterocycles. The van der Waals surface area contributed by atoms with E-state index in [0.717, 1.165) is 11.0 Å². The van der Waals surface area contributed by atoms with E-state index in [4.69, 9.17) is 9.52 Å². The summed E-state index contributed by atoms with van der Waals surface area (Å²) in [6.45, 7) is 2.24. The zero-order valence-corrected chi connectivity index (χ0v) is 10.8. The Labute approximate surface area is 106 Å². The van der Waals surface area contributed by atoms with Crippen molar-refractivity contribution in [1.82, 2.24) is 0 Å². The molecule has 1 fully saturated rings. The zero-order valence-electron chi connectivity index (χ0n) is 10.0. The summed E-state index contributed by atoms with van der Waals surface area (Å²) in [4.78, 5) is 10.7. The number of rotatable bonds is 4. The summed E-state index contributed by atoms with van der Waals surface area (Å²) in [6.07, 6.45) is 6.30. The highest BCUT2D eigenvalue weighted by Crippen LogP contribution is 2.37. The lowest BCUT2D eigenvalue weighted by molar-refractivity contribution is 0.0656. The number of hydrogen-bond donors (Lipinski definition) is 1. The Morgan fingerprint density at radius 3 is 3.00 bits per heavy atom. The largest absolute Gasteiger partial charge is 0.475 e. The lowest BCUT2D eigenvalue weighted by Crippen LogP contribution is -2.16. The molecule has 0 aromatic carbocycles.